The van der Waals surface area contributed by atoms with Gasteiger partial charge in [0.25, 0.3) is 0 Å². The van der Waals surface area contributed by atoms with Crippen molar-refractivity contribution >= 4 is 17.3 Å². The highest BCUT2D eigenvalue weighted by Gasteiger charge is 2.24. The topological polar surface area (TPSA) is 57.5 Å². The van der Waals surface area contributed by atoms with Gasteiger partial charge in [0.05, 0.1) is 19.1 Å². The third-order valence-electron chi connectivity index (χ3n) is 5.68. The number of likely N-dealkylation sites (tertiary alicyclic amines) is 1. The SMILES string of the molecule is CCNC(=NCc1ccccc1Cn1cccn1)NCC(c1cccs1)N1CCCC1. The van der Waals surface area contributed by atoms with E-state index in [2.05, 4.69) is 69.3 Å². The summed E-state index contributed by atoms with van der Waals surface area (Å²) in [5, 5.41) is 13.5. The van der Waals surface area contributed by atoms with Crippen molar-refractivity contribution in [1.29, 1.82) is 0 Å². The number of hydrogen-bond donors (Lipinski definition) is 2. The Balaban J connectivity index is 1.44. The van der Waals surface area contributed by atoms with Crippen LogP contribution in [0, 0.1) is 0 Å². The van der Waals surface area contributed by atoms with Gasteiger partial charge in [-0.2, -0.15) is 5.10 Å². The highest BCUT2D eigenvalue weighted by atomic mass is 32.1. The molecule has 1 aliphatic rings. The smallest absolute Gasteiger partial charge is 0.191 e. The number of guanidine groups is 1. The van der Waals surface area contributed by atoms with Crippen LogP contribution in [0.15, 0.2) is 65.2 Å². The first-order valence-electron chi connectivity index (χ1n) is 11.2. The van der Waals surface area contributed by atoms with Crippen molar-refractivity contribution in [1.82, 2.24) is 25.3 Å². The van der Waals surface area contributed by atoms with Crippen LogP contribution in [-0.4, -0.2) is 46.8 Å². The maximum Gasteiger partial charge on any atom is 0.191 e. The number of rotatable bonds is 9. The fourth-order valence-corrected chi connectivity index (χ4v) is 4.94. The molecule has 164 valence electrons. The molecule has 1 aliphatic heterocycles. The van der Waals surface area contributed by atoms with Gasteiger partial charge in [-0.1, -0.05) is 30.3 Å². The van der Waals surface area contributed by atoms with Crippen molar-refractivity contribution in [3.05, 3.63) is 76.2 Å². The van der Waals surface area contributed by atoms with E-state index in [4.69, 9.17) is 4.99 Å². The molecule has 2 aromatic heterocycles. The number of hydrogen-bond acceptors (Lipinski definition) is 4. The van der Waals surface area contributed by atoms with E-state index in [-0.39, 0.29) is 0 Å². The van der Waals surface area contributed by atoms with E-state index < -0.39 is 0 Å². The van der Waals surface area contributed by atoms with Crippen LogP contribution in [0.5, 0.6) is 0 Å². The molecule has 1 fully saturated rings. The second-order valence-corrected chi connectivity index (χ2v) is 8.80. The Kier molecular flexibility index (Phi) is 7.74. The molecule has 0 bridgehead atoms. The highest BCUT2D eigenvalue weighted by Crippen LogP contribution is 2.27. The van der Waals surface area contributed by atoms with Crippen LogP contribution in [0.2, 0.25) is 0 Å². The molecule has 0 spiro atoms. The molecule has 4 rings (SSSR count). The van der Waals surface area contributed by atoms with Crippen LogP contribution in [0.1, 0.15) is 41.8 Å². The van der Waals surface area contributed by atoms with E-state index >= 15 is 0 Å². The third-order valence-corrected chi connectivity index (χ3v) is 6.65. The van der Waals surface area contributed by atoms with Crippen molar-refractivity contribution in [2.45, 2.75) is 38.9 Å². The number of aromatic nitrogens is 2. The Labute approximate surface area is 189 Å². The largest absolute Gasteiger partial charge is 0.357 e. The maximum absolute atomic E-state index is 4.90. The molecule has 0 radical (unpaired) electrons. The van der Waals surface area contributed by atoms with Crippen molar-refractivity contribution in [3.8, 4) is 0 Å². The Hall–Kier alpha value is -2.64. The van der Waals surface area contributed by atoms with Gasteiger partial charge in [-0.3, -0.25) is 9.58 Å². The molecule has 1 atom stereocenters. The van der Waals surface area contributed by atoms with Gasteiger partial charge in [-0.05, 0) is 61.5 Å². The minimum absolute atomic E-state index is 0.401. The number of aliphatic imine (C=N–C) groups is 1. The van der Waals surface area contributed by atoms with Gasteiger partial charge in [0, 0.05) is 30.4 Å². The van der Waals surface area contributed by atoms with Crippen LogP contribution in [0.3, 0.4) is 0 Å². The normalized spacial score (nSPS) is 15.8. The van der Waals surface area contributed by atoms with E-state index in [1.807, 2.05) is 34.5 Å². The van der Waals surface area contributed by atoms with Gasteiger partial charge in [0.2, 0.25) is 0 Å². The predicted molar refractivity (Wildman–Crippen MR) is 128 cm³/mol. The number of thiophene rings is 1. The summed E-state index contributed by atoms with van der Waals surface area (Å²) >= 11 is 1.85. The fourth-order valence-electron chi connectivity index (χ4n) is 4.08. The molecule has 2 N–H and O–H groups in total. The van der Waals surface area contributed by atoms with Crippen molar-refractivity contribution in [3.63, 3.8) is 0 Å². The molecule has 0 saturated carbocycles. The van der Waals surface area contributed by atoms with Gasteiger partial charge >= 0.3 is 0 Å². The quantitative estimate of drug-likeness (QED) is 0.395. The number of nitrogens with zero attached hydrogens (tertiary/aromatic N) is 4. The van der Waals surface area contributed by atoms with Gasteiger partial charge in [0.15, 0.2) is 5.96 Å². The van der Waals surface area contributed by atoms with Crippen LogP contribution >= 0.6 is 11.3 Å². The zero-order chi connectivity index (χ0) is 21.3. The van der Waals surface area contributed by atoms with Gasteiger partial charge in [0.1, 0.15) is 0 Å². The second-order valence-electron chi connectivity index (χ2n) is 7.82. The standard InChI is InChI=1S/C24H32N6S/c1-2-25-24(27-18-22(23-11-7-16-31-23)29-13-5-6-14-29)26-17-20-9-3-4-10-21(20)19-30-15-8-12-28-30/h3-4,7-12,15-16,22H,2,5-6,13-14,17-19H2,1H3,(H2,25,26,27). The summed E-state index contributed by atoms with van der Waals surface area (Å²) < 4.78 is 1.95. The third kappa shape index (κ3) is 5.95. The second kappa shape index (κ2) is 11.1. The van der Waals surface area contributed by atoms with Gasteiger partial charge < -0.3 is 10.6 Å². The molecular weight excluding hydrogens is 404 g/mol. The van der Waals surface area contributed by atoms with Gasteiger partial charge in [-0.25, -0.2) is 4.99 Å². The molecule has 6 nitrogen and oxygen atoms in total. The Bertz CT molecular complexity index is 929. The molecule has 7 heteroatoms. The summed E-state index contributed by atoms with van der Waals surface area (Å²) in [5.41, 5.74) is 2.48. The monoisotopic (exact) mass is 436 g/mol. The summed E-state index contributed by atoms with van der Waals surface area (Å²) in [6.07, 6.45) is 6.40. The zero-order valence-electron chi connectivity index (χ0n) is 18.2. The minimum Gasteiger partial charge on any atom is -0.357 e. The lowest BCUT2D eigenvalue weighted by Gasteiger charge is -2.27. The molecule has 1 unspecified atom stereocenters. The van der Waals surface area contributed by atoms with Crippen molar-refractivity contribution in [2.24, 2.45) is 4.99 Å². The van der Waals surface area contributed by atoms with E-state index in [0.29, 0.717) is 12.6 Å². The van der Waals surface area contributed by atoms with Crippen LogP contribution < -0.4 is 10.6 Å². The predicted octanol–water partition coefficient (Wildman–Crippen LogP) is 3.89. The zero-order valence-corrected chi connectivity index (χ0v) is 19.0. The first kappa shape index (κ1) is 21.6. The average molecular weight is 437 g/mol. The van der Waals surface area contributed by atoms with E-state index in [1.165, 1.54) is 41.9 Å². The Morgan fingerprint density at radius 1 is 1.10 bits per heavy atom. The minimum atomic E-state index is 0.401. The van der Waals surface area contributed by atoms with Crippen molar-refractivity contribution in [2.75, 3.05) is 26.2 Å². The number of benzene rings is 1. The first-order chi connectivity index (χ1) is 15.3. The van der Waals surface area contributed by atoms with E-state index in [0.717, 1.165) is 25.6 Å². The lowest BCUT2D eigenvalue weighted by Crippen LogP contribution is -2.42. The lowest BCUT2D eigenvalue weighted by molar-refractivity contribution is 0.249. The van der Waals surface area contributed by atoms with Crippen LogP contribution in [-0.2, 0) is 13.1 Å². The average Bonchev–Trinajstić information content (AvgIpc) is 3.57. The van der Waals surface area contributed by atoms with Crippen LogP contribution in [0.25, 0.3) is 0 Å². The highest BCUT2D eigenvalue weighted by molar-refractivity contribution is 7.10. The molecule has 31 heavy (non-hydrogen) atoms. The summed E-state index contributed by atoms with van der Waals surface area (Å²) in [5.74, 6) is 0.872. The summed E-state index contributed by atoms with van der Waals surface area (Å²) in [7, 11) is 0. The van der Waals surface area contributed by atoms with E-state index in [9.17, 15) is 0 Å². The molecule has 0 aliphatic carbocycles. The Morgan fingerprint density at radius 2 is 1.94 bits per heavy atom. The molecule has 0 amide bonds. The summed E-state index contributed by atoms with van der Waals surface area (Å²) in [6, 6.07) is 15.2. The molecular formula is C24H32N6S. The molecule has 1 saturated heterocycles. The molecule has 3 aromatic rings. The lowest BCUT2D eigenvalue weighted by atomic mass is 10.1. The summed E-state index contributed by atoms with van der Waals surface area (Å²) in [6.45, 7) is 7.57. The summed E-state index contributed by atoms with van der Waals surface area (Å²) in [4.78, 5) is 8.93. The first-order valence-corrected chi connectivity index (χ1v) is 12.1. The van der Waals surface area contributed by atoms with Gasteiger partial charge in [-0.15, -0.1) is 11.3 Å². The van der Waals surface area contributed by atoms with Crippen molar-refractivity contribution < 1.29 is 0 Å². The van der Waals surface area contributed by atoms with Crippen LogP contribution in [0.4, 0.5) is 0 Å². The Morgan fingerprint density at radius 3 is 2.65 bits per heavy atom. The molecule has 1 aromatic carbocycles. The maximum atomic E-state index is 4.90. The van der Waals surface area contributed by atoms with E-state index in [1.54, 1.807) is 0 Å². The molecule has 3 heterocycles. The number of nitrogens with one attached hydrogen (secondary N) is 2. The fraction of sp³-hybridized carbons (Fsp3) is 0.417.